The molecule has 0 aromatic carbocycles. The summed E-state index contributed by atoms with van der Waals surface area (Å²) in [7, 11) is 1.93. The van der Waals surface area contributed by atoms with Crippen LogP contribution < -0.4 is 5.32 Å². The van der Waals surface area contributed by atoms with Crippen molar-refractivity contribution in [3.63, 3.8) is 0 Å². The van der Waals surface area contributed by atoms with Crippen molar-refractivity contribution in [3.05, 3.63) is 23.5 Å². The number of piperidine rings is 1. The van der Waals surface area contributed by atoms with Gasteiger partial charge < -0.3 is 10.2 Å². The van der Waals surface area contributed by atoms with Crippen molar-refractivity contribution in [2.75, 3.05) is 26.2 Å². The summed E-state index contributed by atoms with van der Waals surface area (Å²) >= 11 is 0. The molecule has 32 heavy (non-hydrogen) atoms. The summed E-state index contributed by atoms with van der Waals surface area (Å²) in [6, 6.07) is 4.39. The SMILES string of the molecule is Cc1nn(C)c2nc(C3CCN(C(=O)C[C@@H]4C(=O)NCCN4C4CCCC4)CC3)ccc12. The zero-order valence-corrected chi connectivity index (χ0v) is 19.2. The van der Waals surface area contributed by atoms with Crippen molar-refractivity contribution in [2.45, 2.75) is 69.9 Å². The first kappa shape index (κ1) is 21.4. The number of hydrogen-bond donors (Lipinski definition) is 1. The first-order chi connectivity index (χ1) is 15.5. The van der Waals surface area contributed by atoms with E-state index in [0.717, 1.165) is 67.7 Å². The minimum absolute atomic E-state index is 0.0235. The van der Waals surface area contributed by atoms with Gasteiger partial charge in [0, 0.05) is 56.3 Å². The van der Waals surface area contributed by atoms with Gasteiger partial charge >= 0.3 is 0 Å². The van der Waals surface area contributed by atoms with Crippen LogP contribution in [0, 0.1) is 6.92 Å². The lowest BCUT2D eigenvalue weighted by molar-refractivity contribution is -0.140. The van der Waals surface area contributed by atoms with E-state index < -0.39 is 0 Å². The van der Waals surface area contributed by atoms with Crippen molar-refractivity contribution in [1.29, 1.82) is 0 Å². The van der Waals surface area contributed by atoms with Gasteiger partial charge in [0.05, 0.1) is 18.2 Å². The highest BCUT2D eigenvalue weighted by atomic mass is 16.2. The van der Waals surface area contributed by atoms with Crippen molar-refractivity contribution < 1.29 is 9.59 Å². The molecule has 172 valence electrons. The molecule has 2 saturated heterocycles. The number of aromatic nitrogens is 3. The number of nitrogens with zero attached hydrogens (tertiary/aromatic N) is 5. The van der Waals surface area contributed by atoms with Crippen LogP contribution in [0.15, 0.2) is 12.1 Å². The Kier molecular flexibility index (Phi) is 5.88. The van der Waals surface area contributed by atoms with Crippen LogP contribution in [0.1, 0.15) is 62.3 Å². The molecule has 0 radical (unpaired) electrons. The smallest absolute Gasteiger partial charge is 0.237 e. The van der Waals surface area contributed by atoms with Gasteiger partial charge in [0.25, 0.3) is 0 Å². The molecule has 1 atom stereocenters. The second-order valence-electron chi connectivity index (χ2n) is 9.66. The highest BCUT2D eigenvalue weighted by molar-refractivity contribution is 5.89. The quantitative estimate of drug-likeness (QED) is 0.791. The fourth-order valence-corrected chi connectivity index (χ4v) is 5.88. The Hall–Kier alpha value is -2.48. The number of nitrogens with one attached hydrogen (secondary N) is 1. The summed E-state index contributed by atoms with van der Waals surface area (Å²) < 4.78 is 1.85. The van der Waals surface area contributed by atoms with E-state index in [1.54, 1.807) is 0 Å². The van der Waals surface area contributed by atoms with Crippen LogP contribution in [0.5, 0.6) is 0 Å². The second-order valence-corrected chi connectivity index (χ2v) is 9.66. The normalized spacial score (nSPS) is 23.8. The molecule has 5 rings (SSSR count). The summed E-state index contributed by atoms with van der Waals surface area (Å²) in [5, 5.41) is 8.55. The molecule has 2 amide bonds. The fourth-order valence-electron chi connectivity index (χ4n) is 5.88. The molecule has 8 nitrogen and oxygen atoms in total. The largest absolute Gasteiger partial charge is 0.353 e. The average Bonchev–Trinajstić information content (AvgIpc) is 3.43. The third-order valence-electron chi connectivity index (χ3n) is 7.69. The number of pyridine rings is 1. The molecule has 8 heteroatoms. The Balaban J connectivity index is 1.21. The third kappa shape index (κ3) is 4.00. The minimum Gasteiger partial charge on any atom is -0.353 e. The zero-order valence-electron chi connectivity index (χ0n) is 19.2. The zero-order chi connectivity index (χ0) is 22.2. The Morgan fingerprint density at radius 2 is 1.88 bits per heavy atom. The van der Waals surface area contributed by atoms with Crippen molar-refractivity contribution >= 4 is 22.8 Å². The van der Waals surface area contributed by atoms with Crippen molar-refractivity contribution in [2.24, 2.45) is 7.05 Å². The second kappa shape index (κ2) is 8.81. The Morgan fingerprint density at radius 3 is 2.62 bits per heavy atom. The van der Waals surface area contributed by atoms with Crippen LogP contribution in [0.25, 0.3) is 11.0 Å². The molecule has 1 aliphatic carbocycles. The van der Waals surface area contributed by atoms with Gasteiger partial charge in [-0.1, -0.05) is 12.8 Å². The number of rotatable bonds is 4. The fraction of sp³-hybridized carbons (Fsp3) is 0.667. The molecule has 0 spiro atoms. The van der Waals surface area contributed by atoms with Crippen LogP contribution in [0.3, 0.4) is 0 Å². The number of hydrogen-bond acceptors (Lipinski definition) is 5. The van der Waals surface area contributed by atoms with Gasteiger partial charge in [-0.2, -0.15) is 5.10 Å². The van der Waals surface area contributed by atoms with Gasteiger partial charge in [-0.25, -0.2) is 4.98 Å². The summed E-state index contributed by atoms with van der Waals surface area (Å²) in [4.78, 5) is 34.9. The first-order valence-electron chi connectivity index (χ1n) is 12.1. The molecule has 0 bridgehead atoms. The highest BCUT2D eigenvalue weighted by Gasteiger charge is 2.38. The summed E-state index contributed by atoms with van der Waals surface area (Å²) in [6.45, 7) is 5.02. The van der Waals surface area contributed by atoms with Gasteiger partial charge in [-0.05, 0) is 44.7 Å². The number of fused-ring (bicyclic) bond motifs is 1. The molecule has 4 heterocycles. The summed E-state index contributed by atoms with van der Waals surface area (Å²) in [6.07, 6.45) is 6.87. The number of aryl methyl sites for hydroxylation is 2. The van der Waals surface area contributed by atoms with Crippen LogP contribution in [-0.4, -0.2) is 74.6 Å². The maximum Gasteiger partial charge on any atom is 0.237 e. The first-order valence-corrected chi connectivity index (χ1v) is 12.1. The van der Waals surface area contributed by atoms with E-state index in [1.807, 2.05) is 23.6 Å². The number of carbonyl (C=O) groups excluding carboxylic acids is 2. The molecule has 2 aliphatic heterocycles. The Bertz CT molecular complexity index is 1000. The van der Waals surface area contributed by atoms with Crippen molar-refractivity contribution in [1.82, 2.24) is 29.9 Å². The van der Waals surface area contributed by atoms with E-state index in [-0.39, 0.29) is 17.9 Å². The lowest BCUT2D eigenvalue weighted by Gasteiger charge is -2.40. The van der Waals surface area contributed by atoms with E-state index in [4.69, 9.17) is 4.98 Å². The van der Waals surface area contributed by atoms with Crippen molar-refractivity contribution in [3.8, 4) is 0 Å². The summed E-state index contributed by atoms with van der Waals surface area (Å²) in [5.41, 5.74) is 3.01. The van der Waals surface area contributed by atoms with E-state index in [1.165, 1.54) is 12.8 Å². The van der Waals surface area contributed by atoms with Gasteiger partial charge in [0.15, 0.2) is 5.65 Å². The Morgan fingerprint density at radius 1 is 1.12 bits per heavy atom. The number of carbonyl (C=O) groups is 2. The van der Waals surface area contributed by atoms with Gasteiger partial charge in [-0.15, -0.1) is 0 Å². The molecular formula is C24H34N6O2. The van der Waals surface area contributed by atoms with Crippen LogP contribution in [0.4, 0.5) is 0 Å². The lowest BCUT2D eigenvalue weighted by Crippen LogP contribution is -2.59. The third-order valence-corrected chi connectivity index (χ3v) is 7.69. The number of piperazine rings is 1. The van der Waals surface area contributed by atoms with Crippen LogP contribution in [0.2, 0.25) is 0 Å². The predicted molar refractivity (Wildman–Crippen MR) is 122 cm³/mol. The van der Waals surface area contributed by atoms with E-state index in [2.05, 4.69) is 27.4 Å². The topological polar surface area (TPSA) is 83.4 Å². The molecular weight excluding hydrogens is 404 g/mol. The number of amides is 2. The van der Waals surface area contributed by atoms with Gasteiger partial charge in [0.1, 0.15) is 0 Å². The lowest BCUT2D eigenvalue weighted by atomic mass is 9.92. The monoisotopic (exact) mass is 438 g/mol. The average molecular weight is 439 g/mol. The van der Waals surface area contributed by atoms with Crippen LogP contribution >= 0.6 is 0 Å². The maximum atomic E-state index is 13.1. The van der Waals surface area contributed by atoms with E-state index >= 15 is 0 Å². The van der Waals surface area contributed by atoms with Gasteiger partial charge in [0.2, 0.25) is 11.8 Å². The van der Waals surface area contributed by atoms with E-state index in [9.17, 15) is 9.59 Å². The standard InChI is InChI=1S/C24H34N6O2/c1-16-19-7-8-20(26-23(19)28(2)27-16)17-9-12-29(13-10-17)22(31)15-21-24(32)25-11-14-30(21)18-5-3-4-6-18/h7-8,17-18,21H,3-6,9-15H2,1-2H3,(H,25,32)/t21-/m1/s1. The molecule has 2 aromatic heterocycles. The molecule has 3 aliphatic rings. The molecule has 3 fully saturated rings. The summed E-state index contributed by atoms with van der Waals surface area (Å²) in [5.74, 6) is 0.487. The molecule has 2 aromatic rings. The van der Waals surface area contributed by atoms with Gasteiger partial charge in [-0.3, -0.25) is 19.2 Å². The minimum atomic E-state index is -0.311. The maximum absolute atomic E-state index is 13.1. The highest BCUT2D eigenvalue weighted by Crippen LogP contribution is 2.30. The van der Waals surface area contributed by atoms with Crippen LogP contribution in [-0.2, 0) is 16.6 Å². The molecule has 1 N–H and O–H groups in total. The van der Waals surface area contributed by atoms with E-state index in [0.29, 0.717) is 24.9 Å². The molecule has 0 unspecified atom stereocenters. The predicted octanol–water partition coefficient (Wildman–Crippen LogP) is 2.12. The number of likely N-dealkylation sites (tertiary alicyclic amines) is 1. The molecule has 1 saturated carbocycles. The Labute approximate surface area is 189 Å².